The maximum atomic E-state index is 13.4. The molecule has 0 aliphatic rings. The van der Waals surface area contributed by atoms with E-state index in [-0.39, 0.29) is 16.2 Å². The topological polar surface area (TPSA) is 68.3 Å². The molecular weight excluding hydrogens is 428 g/mol. The molecule has 2 aromatic carbocycles. The van der Waals surface area contributed by atoms with E-state index in [0.717, 1.165) is 30.4 Å². The van der Waals surface area contributed by atoms with Gasteiger partial charge < -0.3 is 0 Å². The van der Waals surface area contributed by atoms with Gasteiger partial charge in [0.15, 0.2) is 24.3 Å². The van der Waals surface area contributed by atoms with Crippen LogP contribution in [-0.2, 0) is 19.7 Å². The summed E-state index contributed by atoms with van der Waals surface area (Å²) >= 11 is 0. The summed E-state index contributed by atoms with van der Waals surface area (Å²) in [6.45, 7) is 5.93. The molecule has 0 radical (unpaired) electrons. The van der Waals surface area contributed by atoms with Crippen LogP contribution in [0.4, 0.5) is 0 Å². The standard InChI is InChI=1S/C25H36O4S2/c1-4-5-6-7-8-9-10-11-12-25(30(26,27)23-17-13-21(2)14-18-23)31(28,29)24-19-15-22(3)16-20-24/h13-20,25H,4-12H2,1-3H3. The van der Waals surface area contributed by atoms with E-state index < -0.39 is 24.3 Å². The van der Waals surface area contributed by atoms with E-state index in [1.54, 1.807) is 24.3 Å². The summed E-state index contributed by atoms with van der Waals surface area (Å²) < 4.78 is 52.1. The minimum absolute atomic E-state index is 0.0679. The van der Waals surface area contributed by atoms with Crippen molar-refractivity contribution in [2.45, 2.75) is 92.9 Å². The molecule has 2 rings (SSSR count). The molecule has 0 fully saturated rings. The van der Waals surface area contributed by atoms with Crippen molar-refractivity contribution >= 4 is 19.7 Å². The van der Waals surface area contributed by atoms with Crippen LogP contribution >= 0.6 is 0 Å². The highest BCUT2D eigenvalue weighted by Gasteiger charge is 2.39. The maximum Gasteiger partial charge on any atom is 0.195 e. The van der Waals surface area contributed by atoms with Gasteiger partial charge in [0.2, 0.25) is 0 Å². The summed E-state index contributed by atoms with van der Waals surface area (Å²) in [6, 6.07) is 12.9. The maximum absolute atomic E-state index is 13.4. The molecule has 0 spiro atoms. The fourth-order valence-electron chi connectivity index (χ4n) is 3.68. The summed E-state index contributed by atoms with van der Waals surface area (Å²) in [6.07, 6.45) is 8.50. The van der Waals surface area contributed by atoms with Crippen molar-refractivity contribution in [3.05, 3.63) is 59.7 Å². The van der Waals surface area contributed by atoms with E-state index in [1.165, 1.54) is 49.9 Å². The van der Waals surface area contributed by atoms with Gasteiger partial charge in [-0.2, -0.15) is 0 Å². The van der Waals surface area contributed by atoms with Crippen LogP contribution in [0.25, 0.3) is 0 Å². The van der Waals surface area contributed by atoms with Gasteiger partial charge in [-0.05, 0) is 44.5 Å². The summed E-state index contributed by atoms with van der Waals surface area (Å²) in [5.41, 5.74) is 1.86. The van der Waals surface area contributed by atoms with Gasteiger partial charge in [-0.15, -0.1) is 0 Å². The molecule has 0 bridgehead atoms. The molecule has 0 saturated carbocycles. The molecular formula is C25H36O4S2. The van der Waals surface area contributed by atoms with Gasteiger partial charge in [-0.1, -0.05) is 93.7 Å². The van der Waals surface area contributed by atoms with Crippen LogP contribution in [0, 0.1) is 13.8 Å². The van der Waals surface area contributed by atoms with Crippen LogP contribution in [0.1, 0.15) is 75.8 Å². The summed E-state index contributed by atoms with van der Waals surface area (Å²) in [5.74, 6) is 0. The van der Waals surface area contributed by atoms with Gasteiger partial charge in [0.25, 0.3) is 0 Å². The molecule has 0 atom stereocenters. The van der Waals surface area contributed by atoms with Crippen molar-refractivity contribution in [2.24, 2.45) is 0 Å². The molecule has 4 nitrogen and oxygen atoms in total. The number of hydrogen-bond acceptors (Lipinski definition) is 4. The van der Waals surface area contributed by atoms with Crippen LogP contribution < -0.4 is 0 Å². The molecule has 0 aromatic heterocycles. The molecule has 172 valence electrons. The van der Waals surface area contributed by atoms with Crippen LogP contribution in [0.3, 0.4) is 0 Å². The van der Waals surface area contributed by atoms with E-state index in [0.29, 0.717) is 6.42 Å². The van der Waals surface area contributed by atoms with E-state index in [9.17, 15) is 16.8 Å². The fourth-order valence-corrected chi connectivity index (χ4v) is 8.27. The lowest BCUT2D eigenvalue weighted by molar-refractivity contribution is 0.546. The second-order valence-corrected chi connectivity index (χ2v) is 13.0. The lowest BCUT2D eigenvalue weighted by Crippen LogP contribution is -2.31. The highest BCUT2D eigenvalue weighted by molar-refractivity contribution is 8.09. The highest BCUT2D eigenvalue weighted by atomic mass is 32.3. The number of aryl methyl sites for hydroxylation is 2. The normalized spacial score (nSPS) is 12.4. The SMILES string of the molecule is CCCCCCCCCCC(S(=O)(=O)c1ccc(C)cc1)S(=O)(=O)c1ccc(C)cc1. The summed E-state index contributed by atoms with van der Waals surface area (Å²) in [5, 5.41) is 0. The molecule has 0 heterocycles. The van der Waals surface area contributed by atoms with Crippen molar-refractivity contribution in [3.8, 4) is 0 Å². The first-order valence-corrected chi connectivity index (χ1v) is 14.4. The van der Waals surface area contributed by atoms with Crippen molar-refractivity contribution in [3.63, 3.8) is 0 Å². The van der Waals surface area contributed by atoms with E-state index in [4.69, 9.17) is 0 Å². The molecule has 0 aliphatic heterocycles. The Bertz CT molecular complexity index is 931. The summed E-state index contributed by atoms with van der Waals surface area (Å²) in [7, 11) is -8.05. The van der Waals surface area contributed by atoms with E-state index in [1.807, 2.05) is 13.8 Å². The number of hydrogen-bond donors (Lipinski definition) is 0. The zero-order chi connectivity index (χ0) is 22.9. The fraction of sp³-hybridized carbons (Fsp3) is 0.520. The molecule has 0 saturated heterocycles. The van der Waals surface area contributed by atoms with Crippen LogP contribution in [0.15, 0.2) is 58.3 Å². The van der Waals surface area contributed by atoms with Gasteiger partial charge in [-0.3, -0.25) is 0 Å². The van der Waals surface area contributed by atoms with Crippen LogP contribution in [0.5, 0.6) is 0 Å². The van der Waals surface area contributed by atoms with Crippen LogP contribution in [0.2, 0.25) is 0 Å². The average Bonchev–Trinajstić information content (AvgIpc) is 2.73. The lowest BCUT2D eigenvalue weighted by atomic mass is 10.1. The largest absolute Gasteiger partial charge is 0.222 e. The average molecular weight is 465 g/mol. The van der Waals surface area contributed by atoms with E-state index in [2.05, 4.69) is 6.92 Å². The number of rotatable bonds is 13. The number of benzene rings is 2. The second-order valence-electron chi connectivity index (χ2n) is 8.41. The molecule has 6 heteroatoms. The van der Waals surface area contributed by atoms with Gasteiger partial charge in [0, 0.05) is 0 Å². The second kappa shape index (κ2) is 11.8. The molecule has 2 aromatic rings. The summed E-state index contributed by atoms with van der Waals surface area (Å²) in [4.78, 5) is 0.136. The third-order valence-electron chi connectivity index (χ3n) is 5.68. The Morgan fingerprint density at radius 3 is 1.32 bits per heavy atom. The third-order valence-corrected chi connectivity index (χ3v) is 10.9. The van der Waals surface area contributed by atoms with Gasteiger partial charge in [0.05, 0.1) is 9.79 Å². The first-order chi connectivity index (χ1) is 14.7. The zero-order valence-electron chi connectivity index (χ0n) is 19.0. The molecule has 0 unspecified atom stereocenters. The monoisotopic (exact) mass is 464 g/mol. The van der Waals surface area contributed by atoms with Crippen molar-refractivity contribution < 1.29 is 16.8 Å². The van der Waals surface area contributed by atoms with Crippen molar-refractivity contribution in [2.75, 3.05) is 0 Å². The Morgan fingerprint density at radius 1 is 0.581 bits per heavy atom. The predicted octanol–water partition coefficient (Wildman–Crippen LogP) is 6.41. The lowest BCUT2D eigenvalue weighted by Gasteiger charge is -2.19. The Labute approximate surface area is 188 Å². The minimum Gasteiger partial charge on any atom is -0.222 e. The Balaban J connectivity index is 2.21. The van der Waals surface area contributed by atoms with Gasteiger partial charge in [-0.25, -0.2) is 16.8 Å². The molecule has 0 aliphatic carbocycles. The Morgan fingerprint density at radius 2 is 0.935 bits per heavy atom. The Hall–Kier alpha value is -1.66. The quantitative estimate of drug-likeness (QED) is 0.321. The van der Waals surface area contributed by atoms with Crippen molar-refractivity contribution in [1.82, 2.24) is 0 Å². The predicted molar refractivity (Wildman–Crippen MR) is 128 cm³/mol. The first-order valence-electron chi connectivity index (χ1n) is 11.3. The third kappa shape index (κ3) is 7.18. The minimum atomic E-state index is -4.03. The molecule has 31 heavy (non-hydrogen) atoms. The van der Waals surface area contributed by atoms with E-state index >= 15 is 0 Å². The van der Waals surface area contributed by atoms with Gasteiger partial charge >= 0.3 is 0 Å². The zero-order valence-corrected chi connectivity index (χ0v) is 20.6. The number of unbranched alkanes of at least 4 members (excludes halogenated alkanes) is 7. The molecule has 0 amide bonds. The Kier molecular flexibility index (Phi) is 9.76. The smallest absolute Gasteiger partial charge is 0.195 e. The van der Waals surface area contributed by atoms with Crippen molar-refractivity contribution in [1.29, 1.82) is 0 Å². The first kappa shape index (κ1) is 25.6. The molecule has 0 N–H and O–H groups in total. The van der Waals surface area contributed by atoms with Crippen LogP contribution in [-0.4, -0.2) is 21.4 Å². The number of sulfone groups is 2. The highest BCUT2D eigenvalue weighted by Crippen LogP contribution is 2.30. The van der Waals surface area contributed by atoms with Gasteiger partial charge in [0.1, 0.15) is 0 Å².